The number of halogens is 1. The Kier molecular flexibility index (Phi) is 5.75. The lowest BCUT2D eigenvalue weighted by Crippen LogP contribution is -2.60. The van der Waals surface area contributed by atoms with E-state index in [0.717, 1.165) is 27.4 Å². The zero-order valence-corrected chi connectivity index (χ0v) is 20.2. The minimum absolute atomic E-state index is 0.0198. The molecule has 1 amide bonds. The van der Waals surface area contributed by atoms with E-state index in [2.05, 4.69) is 47.4 Å². The summed E-state index contributed by atoms with van der Waals surface area (Å²) in [6, 6.07) is 1.69. The zero-order chi connectivity index (χ0) is 22.4. The van der Waals surface area contributed by atoms with Gasteiger partial charge in [-0.05, 0) is 41.5 Å². The number of hydrogen-bond acceptors (Lipinski definition) is 8. The molecule has 0 spiro atoms. The predicted octanol–water partition coefficient (Wildman–Crippen LogP) is 2.40. The van der Waals surface area contributed by atoms with Crippen LogP contribution in [0.15, 0.2) is 12.3 Å². The maximum Gasteiger partial charge on any atom is 0.356 e. The summed E-state index contributed by atoms with van der Waals surface area (Å²) in [6.45, 7) is 4.31. The smallest absolute Gasteiger partial charge is 0.356 e. The lowest BCUT2D eigenvalue weighted by molar-refractivity contribution is -0.0640. The first-order valence-corrected chi connectivity index (χ1v) is 12.3. The number of H-pyrrole nitrogens is 1. The number of anilines is 1. The summed E-state index contributed by atoms with van der Waals surface area (Å²) < 4.78 is 7.44. The number of ether oxygens (including phenoxy) is 1. The number of hydrogen-bond donors (Lipinski definition) is 2. The normalized spacial score (nSPS) is 21.1. The molecule has 2 aliphatic rings. The monoisotopic (exact) mass is 568 g/mol. The van der Waals surface area contributed by atoms with Crippen molar-refractivity contribution in [3.63, 3.8) is 0 Å². The van der Waals surface area contributed by atoms with Gasteiger partial charge in [0.25, 0.3) is 5.91 Å². The molecular weight excluding hydrogens is 547 g/mol. The minimum Gasteiger partial charge on any atom is -0.476 e. The summed E-state index contributed by atoms with van der Waals surface area (Å²) in [5.41, 5.74) is 1.62. The van der Waals surface area contributed by atoms with Crippen LogP contribution in [-0.2, 0) is 11.2 Å². The molecule has 3 aromatic rings. The van der Waals surface area contributed by atoms with Crippen LogP contribution in [0, 0.1) is 3.70 Å². The fourth-order valence-electron chi connectivity index (χ4n) is 4.31. The number of nitrogens with one attached hydrogen (secondary N) is 1. The molecule has 10 nitrogen and oxygen atoms in total. The molecule has 2 N–H and O–H groups in total. The highest BCUT2D eigenvalue weighted by Gasteiger charge is 2.41. The molecule has 0 radical (unpaired) electrons. The van der Waals surface area contributed by atoms with Crippen molar-refractivity contribution in [3.05, 3.63) is 33.2 Å². The Labute approximate surface area is 201 Å². The molecule has 0 unspecified atom stereocenters. The van der Waals surface area contributed by atoms with Crippen LogP contribution < -0.4 is 4.90 Å². The highest BCUT2D eigenvalue weighted by molar-refractivity contribution is 14.1. The number of imidazole rings is 1. The molecule has 0 aliphatic carbocycles. The molecule has 0 aromatic carbocycles. The second-order valence-corrected chi connectivity index (χ2v) is 9.73. The van der Waals surface area contributed by atoms with Gasteiger partial charge >= 0.3 is 5.97 Å². The summed E-state index contributed by atoms with van der Waals surface area (Å²) in [5.74, 6) is -0.770. The van der Waals surface area contributed by atoms with E-state index >= 15 is 0 Å². The number of fused-ring (bicyclic) bond motifs is 2. The quantitative estimate of drug-likeness (QED) is 0.460. The average molecular weight is 568 g/mol. The number of aryl methyl sites for hydroxylation is 1. The van der Waals surface area contributed by atoms with Gasteiger partial charge in [-0.1, -0.05) is 18.3 Å². The number of thiazole rings is 1. The van der Waals surface area contributed by atoms with Crippen LogP contribution in [0.2, 0.25) is 0 Å². The number of carboxylic acids is 1. The fraction of sp³-hybridized carbons (Fsp3) is 0.450. The highest BCUT2D eigenvalue weighted by atomic mass is 127. The first kappa shape index (κ1) is 21.5. The number of aromatic carboxylic acids is 1. The van der Waals surface area contributed by atoms with Crippen LogP contribution in [0.5, 0.6) is 0 Å². The third-order valence-corrected chi connectivity index (χ3v) is 7.93. The van der Waals surface area contributed by atoms with Crippen molar-refractivity contribution in [1.82, 2.24) is 24.8 Å². The maximum absolute atomic E-state index is 13.2. The van der Waals surface area contributed by atoms with Gasteiger partial charge < -0.3 is 24.6 Å². The number of carboxylic acid groups (broad SMARTS) is 1. The molecule has 3 aromatic heterocycles. The van der Waals surface area contributed by atoms with Gasteiger partial charge in [-0.2, -0.15) is 0 Å². The summed E-state index contributed by atoms with van der Waals surface area (Å²) in [6.07, 6.45) is 2.85. The van der Waals surface area contributed by atoms with Crippen molar-refractivity contribution < 1.29 is 19.4 Å². The highest BCUT2D eigenvalue weighted by Crippen LogP contribution is 2.34. The first-order chi connectivity index (χ1) is 15.5. The maximum atomic E-state index is 13.2. The van der Waals surface area contributed by atoms with E-state index in [0.29, 0.717) is 42.3 Å². The topological polar surface area (TPSA) is 125 Å². The molecule has 5 heterocycles. The number of aromatic amines is 1. The Morgan fingerprint density at radius 2 is 2.22 bits per heavy atom. The summed E-state index contributed by atoms with van der Waals surface area (Å²) >= 11 is 3.48. The summed E-state index contributed by atoms with van der Waals surface area (Å²) in [5, 5.41) is 10.1. The van der Waals surface area contributed by atoms with E-state index in [9.17, 15) is 14.7 Å². The number of carbonyl (C=O) groups is 2. The molecule has 2 aliphatic heterocycles. The number of morpholine rings is 1. The number of carbonyl (C=O) groups excluding carboxylic acids is 1. The fourth-order valence-corrected chi connectivity index (χ4v) is 6.14. The van der Waals surface area contributed by atoms with Crippen molar-refractivity contribution in [2.24, 2.45) is 0 Å². The van der Waals surface area contributed by atoms with E-state index in [4.69, 9.17) is 4.74 Å². The van der Waals surface area contributed by atoms with Crippen molar-refractivity contribution in [2.45, 2.75) is 31.9 Å². The Hall–Kier alpha value is -2.32. The molecule has 0 saturated carbocycles. The van der Waals surface area contributed by atoms with Crippen molar-refractivity contribution >= 4 is 61.2 Å². The van der Waals surface area contributed by atoms with Crippen LogP contribution in [-0.4, -0.2) is 80.2 Å². The number of piperidine rings is 1. The van der Waals surface area contributed by atoms with Crippen LogP contribution in [0.4, 0.5) is 5.13 Å². The van der Waals surface area contributed by atoms with Gasteiger partial charge in [-0.15, -0.1) is 0 Å². The van der Waals surface area contributed by atoms with Crippen LogP contribution in [0.3, 0.4) is 0 Å². The molecule has 2 saturated heterocycles. The summed E-state index contributed by atoms with van der Waals surface area (Å²) in [7, 11) is 0. The van der Waals surface area contributed by atoms with Gasteiger partial charge in [0.1, 0.15) is 3.70 Å². The number of nitrogens with zero attached hydrogens (tertiary/aromatic N) is 5. The van der Waals surface area contributed by atoms with Gasteiger partial charge in [-0.25, -0.2) is 19.7 Å². The number of pyridine rings is 1. The van der Waals surface area contributed by atoms with Crippen LogP contribution in [0.1, 0.15) is 40.1 Å². The minimum atomic E-state index is -1.06. The molecule has 2 fully saturated rings. The Balaban J connectivity index is 1.35. The number of aromatic nitrogens is 4. The Morgan fingerprint density at radius 3 is 2.97 bits per heavy atom. The molecule has 32 heavy (non-hydrogen) atoms. The zero-order valence-electron chi connectivity index (χ0n) is 17.2. The first-order valence-electron chi connectivity index (χ1n) is 10.4. The SMILES string of the molecule is CCc1[nH]c(C(=O)N2CCO[C@H]3CN(c4nc5ccnc(C(=O)O)c5s4)CC[C@H]32)nc1I. The Bertz CT molecular complexity index is 1200. The largest absolute Gasteiger partial charge is 0.476 e. The average Bonchev–Trinajstić information content (AvgIpc) is 3.40. The Morgan fingerprint density at radius 1 is 1.38 bits per heavy atom. The van der Waals surface area contributed by atoms with E-state index in [1.807, 2.05) is 11.8 Å². The van der Waals surface area contributed by atoms with Crippen LogP contribution in [0.25, 0.3) is 10.2 Å². The molecule has 5 rings (SSSR count). The standard InChI is InChI=1S/C20H21IN6O4S/c1-2-10-16(21)25-17(23-10)18(28)27-7-8-31-13-9-26(6-4-12(13)27)20-24-11-3-5-22-14(19(29)30)15(11)32-20/h3,5,12-13H,2,4,6-9H2,1H3,(H,23,25)(H,29,30)/t12-,13+/m1/s1. The molecular formula is C20H21IN6O4S. The van der Waals surface area contributed by atoms with Gasteiger partial charge in [-0.3, -0.25) is 4.79 Å². The van der Waals surface area contributed by atoms with Gasteiger partial charge in [0.2, 0.25) is 0 Å². The van der Waals surface area contributed by atoms with E-state index < -0.39 is 5.97 Å². The van der Waals surface area contributed by atoms with Crippen molar-refractivity contribution in [3.8, 4) is 0 Å². The van der Waals surface area contributed by atoms with Crippen molar-refractivity contribution in [1.29, 1.82) is 0 Å². The molecule has 168 valence electrons. The second-order valence-electron chi connectivity index (χ2n) is 7.73. The number of rotatable bonds is 4. The van der Waals surface area contributed by atoms with Gasteiger partial charge in [0, 0.05) is 31.5 Å². The van der Waals surface area contributed by atoms with Gasteiger partial charge in [0.15, 0.2) is 16.6 Å². The molecule has 2 atom stereocenters. The lowest BCUT2D eigenvalue weighted by atomic mass is 9.98. The van der Waals surface area contributed by atoms with E-state index in [1.165, 1.54) is 17.5 Å². The molecule has 0 bridgehead atoms. The van der Waals surface area contributed by atoms with E-state index in [-0.39, 0.29) is 23.7 Å². The third kappa shape index (κ3) is 3.73. The predicted molar refractivity (Wildman–Crippen MR) is 126 cm³/mol. The van der Waals surface area contributed by atoms with Gasteiger partial charge in [0.05, 0.1) is 29.0 Å². The lowest BCUT2D eigenvalue weighted by Gasteiger charge is -2.46. The third-order valence-electron chi connectivity index (χ3n) is 5.90. The van der Waals surface area contributed by atoms with E-state index in [1.54, 1.807) is 6.07 Å². The molecule has 12 heteroatoms. The summed E-state index contributed by atoms with van der Waals surface area (Å²) in [4.78, 5) is 44.9. The number of amides is 1. The second kappa shape index (κ2) is 8.56. The van der Waals surface area contributed by atoms with Crippen LogP contribution >= 0.6 is 33.9 Å². The van der Waals surface area contributed by atoms with Crippen molar-refractivity contribution in [2.75, 3.05) is 31.1 Å².